The number of hydrogen-bond acceptors (Lipinski definition) is 8. The fourth-order valence-electron chi connectivity index (χ4n) is 3.29. The molecular formula is C22H29N3O4S. The van der Waals surface area contributed by atoms with E-state index in [0.717, 1.165) is 48.8 Å². The largest absolute Gasteiger partial charge is 0.494 e. The lowest BCUT2D eigenvalue weighted by Crippen LogP contribution is -2.34. The smallest absolute Gasteiger partial charge is 0.357 e. The molecule has 1 aromatic carbocycles. The number of esters is 1. The first-order valence-electron chi connectivity index (χ1n) is 10.4. The van der Waals surface area contributed by atoms with Gasteiger partial charge in [-0.2, -0.15) is 0 Å². The van der Waals surface area contributed by atoms with E-state index in [-0.39, 0.29) is 5.97 Å². The average molecular weight is 432 g/mol. The van der Waals surface area contributed by atoms with Crippen molar-refractivity contribution in [2.75, 3.05) is 37.8 Å². The highest BCUT2D eigenvalue weighted by Crippen LogP contribution is 2.28. The first-order chi connectivity index (χ1) is 14.7. The maximum absolute atomic E-state index is 11.8. The van der Waals surface area contributed by atoms with Crippen LogP contribution in [0.3, 0.4) is 0 Å². The molecule has 0 spiro atoms. The van der Waals surface area contributed by atoms with Gasteiger partial charge in [0.1, 0.15) is 12.4 Å². The molecule has 0 atom stereocenters. The highest BCUT2D eigenvalue weighted by atomic mass is 32.1. The fourth-order valence-corrected chi connectivity index (χ4v) is 4.14. The molecule has 0 amide bonds. The van der Waals surface area contributed by atoms with Gasteiger partial charge in [0.05, 0.1) is 19.4 Å². The summed E-state index contributed by atoms with van der Waals surface area (Å²) in [5.74, 6) is 1.17. The molecule has 0 saturated carbocycles. The van der Waals surface area contributed by atoms with E-state index >= 15 is 0 Å². The van der Waals surface area contributed by atoms with E-state index < -0.39 is 0 Å². The molecule has 7 nitrogen and oxygen atoms in total. The minimum Gasteiger partial charge on any atom is -0.494 e. The van der Waals surface area contributed by atoms with Gasteiger partial charge in [-0.15, -0.1) is 11.3 Å². The molecule has 162 valence electrons. The van der Waals surface area contributed by atoms with Crippen LogP contribution in [0.4, 0.5) is 5.13 Å². The molecule has 0 bridgehead atoms. The zero-order chi connectivity index (χ0) is 21.2. The summed E-state index contributed by atoms with van der Waals surface area (Å²) in [6.07, 6.45) is 4.93. The maximum atomic E-state index is 11.8. The molecule has 0 radical (unpaired) electrons. The number of carbonyl (C=O) groups is 1. The molecule has 1 aliphatic rings. The van der Waals surface area contributed by atoms with Gasteiger partial charge >= 0.3 is 5.97 Å². The Morgan fingerprint density at radius 2 is 2.00 bits per heavy atom. The molecule has 30 heavy (non-hydrogen) atoms. The van der Waals surface area contributed by atoms with E-state index in [4.69, 9.17) is 14.3 Å². The topological polar surface area (TPSA) is 73.3 Å². The average Bonchev–Trinajstić information content (AvgIpc) is 3.26. The van der Waals surface area contributed by atoms with E-state index in [9.17, 15) is 4.79 Å². The van der Waals surface area contributed by atoms with Crippen LogP contribution >= 0.6 is 11.3 Å². The van der Waals surface area contributed by atoms with Gasteiger partial charge in [-0.05, 0) is 68.9 Å². The monoisotopic (exact) mass is 431 g/mol. The van der Waals surface area contributed by atoms with E-state index in [1.54, 1.807) is 18.5 Å². The van der Waals surface area contributed by atoms with Crippen molar-refractivity contribution in [3.8, 4) is 5.75 Å². The van der Waals surface area contributed by atoms with E-state index in [0.29, 0.717) is 31.4 Å². The third-order valence-corrected chi connectivity index (χ3v) is 5.84. The van der Waals surface area contributed by atoms with Gasteiger partial charge in [0, 0.05) is 18.5 Å². The predicted molar refractivity (Wildman–Crippen MR) is 119 cm³/mol. The number of benzene rings is 1. The Kier molecular flexibility index (Phi) is 8.50. The molecule has 0 N–H and O–H groups in total. The minimum atomic E-state index is -0.346. The van der Waals surface area contributed by atoms with Crippen LogP contribution in [0.25, 0.3) is 0 Å². The number of nitrogens with zero attached hydrogens (tertiary/aromatic N) is 3. The number of anilines is 1. The summed E-state index contributed by atoms with van der Waals surface area (Å²) in [5, 5.41) is 6.55. The van der Waals surface area contributed by atoms with Crippen LogP contribution in [-0.4, -0.2) is 50.1 Å². The quantitative estimate of drug-likeness (QED) is 0.316. The molecule has 0 unspecified atom stereocenters. The van der Waals surface area contributed by atoms with Gasteiger partial charge in [-0.3, -0.25) is 0 Å². The number of ether oxygens (including phenoxy) is 2. The van der Waals surface area contributed by atoms with E-state index in [2.05, 4.69) is 15.0 Å². The van der Waals surface area contributed by atoms with Crippen molar-refractivity contribution >= 4 is 28.7 Å². The number of oxime groups is 1. The molecule has 3 rings (SSSR count). The lowest BCUT2D eigenvalue weighted by Gasteiger charge is -2.31. The predicted octanol–water partition coefficient (Wildman–Crippen LogP) is 4.38. The fraction of sp³-hybridized carbons (Fsp3) is 0.500. The molecule has 1 saturated heterocycles. The summed E-state index contributed by atoms with van der Waals surface area (Å²) in [5.41, 5.74) is 1.39. The van der Waals surface area contributed by atoms with Crippen molar-refractivity contribution in [2.24, 2.45) is 11.1 Å². The van der Waals surface area contributed by atoms with E-state index in [1.807, 2.05) is 31.2 Å². The lowest BCUT2D eigenvalue weighted by atomic mass is 9.94. The SMILES string of the molecule is CCO/N=C/c1ccc(OCCC2CCN(c3nc(C(=O)OCC)cs3)CC2)cc1. The standard InChI is InChI=1S/C22H29N3O4S/c1-3-27-21(26)20-16-30-22(24-20)25-12-9-17(10-13-25)11-14-28-19-7-5-18(6-8-19)15-23-29-4-2/h5-8,15-17H,3-4,9-14H2,1-2H3/b23-15+. The van der Waals surface area contributed by atoms with Crippen LogP contribution in [0.2, 0.25) is 0 Å². The molecular weight excluding hydrogens is 402 g/mol. The zero-order valence-electron chi connectivity index (χ0n) is 17.6. The van der Waals surface area contributed by atoms with Crippen LogP contribution in [0.15, 0.2) is 34.8 Å². The maximum Gasteiger partial charge on any atom is 0.357 e. The second kappa shape index (κ2) is 11.5. The summed E-state index contributed by atoms with van der Waals surface area (Å²) in [6.45, 7) is 7.25. The molecule has 1 fully saturated rings. The molecule has 0 aliphatic carbocycles. The Balaban J connectivity index is 1.37. The Morgan fingerprint density at radius 3 is 2.70 bits per heavy atom. The summed E-state index contributed by atoms with van der Waals surface area (Å²) in [7, 11) is 0. The second-order valence-corrected chi connectivity index (χ2v) is 7.86. The Hall–Kier alpha value is -2.61. The zero-order valence-corrected chi connectivity index (χ0v) is 18.4. The number of thiazole rings is 1. The number of rotatable bonds is 10. The first-order valence-corrected chi connectivity index (χ1v) is 11.3. The van der Waals surface area contributed by atoms with Crippen molar-refractivity contribution in [3.05, 3.63) is 40.9 Å². The normalized spacial score (nSPS) is 14.8. The van der Waals surface area contributed by atoms with Gasteiger partial charge in [0.25, 0.3) is 0 Å². The Labute approximate surface area is 181 Å². The van der Waals surface area contributed by atoms with Crippen molar-refractivity contribution in [1.82, 2.24) is 4.98 Å². The van der Waals surface area contributed by atoms with Crippen molar-refractivity contribution in [1.29, 1.82) is 0 Å². The van der Waals surface area contributed by atoms with Crippen molar-refractivity contribution < 1.29 is 19.1 Å². The van der Waals surface area contributed by atoms with Crippen LogP contribution in [0.1, 0.15) is 49.2 Å². The molecule has 2 aromatic rings. The summed E-state index contributed by atoms with van der Waals surface area (Å²) < 4.78 is 10.9. The molecule has 1 aromatic heterocycles. The molecule has 2 heterocycles. The lowest BCUT2D eigenvalue weighted by molar-refractivity contribution is 0.0520. The third-order valence-electron chi connectivity index (χ3n) is 4.94. The van der Waals surface area contributed by atoms with Gasteiger partial charge in [0.15, 0.2) is 10.8 Å². The number of carbonyl (C=O) groups excluding carboxylic acids is 1. The number of aromatic nitrogens is 1. The van der Waals surface area contributed by atoms with Gasteiger partial charge in [-0.25, -0.2) is 9.78 Å². The summed E-state index contributed by atoms with van der Waals surface area (Å²) >= 11 is 1.51. The van der Waals surface area contributed by atoms with Gasteiger partial charge < -0.3 is 19.2 Å². The van der Waals surface area contributed by atoms with Gasteiger partial charge in [0.2, 0.25) is 0 Å². The second-order valence-electron chi connectivity index (χ2n) is 7.02. The molecule has 8 heteroatoms. The summed E-state index contributed by atoms with van der Waals surface area (Å²) in [4.78, 5) is 23.4. The van der Waals surface area contributed by atoms with Crippen molar-refractivity contribution in [2.45, 2.75) is 33.1 Å². The van der Waals surface area contributed by atoms with E-state index in [1.165, 1.54) is 11.3 Å². The summed E-state index contributed by atoms with van der Waals surface area (Å²) in [6, 6.07) is 7.85. The van der Waals surface area contributed by atoms with Crippen LogP contribution in [-0.2, 0) is 9.57 Å². The Bertz CT molecular complexity index is 814. The van der Waals surface area contributed by atoms with Crippen LogP contribution < -0.4 is 9.64 Å². The number of piperidine rings is 1. The van der Waals surface area contributed by atoms with Crippen LogP contribution in [0, 0.1) is 5.92 Å². The Morgan fingerprint density at radius 1 is 1.23 bits per heavy atom. The van der Waals surface area contributed by atoms with Crippen LogP contribution in [0.5, 0.6) is 5.75 Å². The minimum absolute atomic E-state index is 0.346. The first kappa shape index (κ1) is 22.1. The number of hydrogen-bond donors (Lipinski definition) is 0. The highest BCUT2D eigenvalue weighted by molar-refractivity contribution is 7.13. The van der Waals surface area contributed by atoms with Crippen molar-refractivity contribution in [3.63, 3.8) is 0 Å². The molecule has 1 aliphatic heterocycles. The third kappa shape index (κ3) is 6.45. The van der Waals surface area contributed by atoms with Gasteiger partial charge in [-0.1, -0.05) is 5.16 Å². The highest BCUT2D eigenvalue weighted by Gasteiger charge is 2.22.